The number of nitrogen functional groups attached to an aromatic ring is 1. The van der Waals surface area contributed by atoms with Crippen LogP contribution in [0.5, 0.6) is 0 Å². The summed E-state index contributed by atoms with van der Waals surface area (Å²) in [5.74, 6) is -0.197. The maximum atomic E-state index is 12.3. The van der Waals surface area contributed by atoms with Crippen molar-refractivity contribution in [2.45, 2.75) is 13.8 Å². The van der Waals surface area contributed by atoms with Crippen molar-refractivity contribution in [1.29, 1.82) is 0 Å². The van der Waals surface area contributed by atoms with E-state index in [1.165, 1.54) is 22.7 Å². The molecule has 0 atom stereocenters. The first-order chi connectivity index (χ1) is 9.56. The van der Waals surface area contributed by atoms with Gasteiger partial charge in [-0.05, 0) is 19.4 Å². The quantitative estimate of drug-likeness (QED) is 0.756. The highest BCUT2D eigenvalue weighted by atomic mass is 32.1. The summed E-state index contributed by atoms with van der Waals surface area (Å²) >= 11 is 2.87. The number of hydrogen-bond acceptors (Lipinski definition) is 5. The average molecular weight is 303 g/mol. The predicted molar refractivity (Wildman–Crippen MR) is 85.8 cm³/mol. The summed E-state index contributed by atoms with van der Waals surface area (Å²) in [6.07, 6.45) is 1.73. The molecule has 1 amide bonds. The van der Waals surface area contributed by atoms with E-state index >= 15 is 0 Å². The summed E-state index contributed by atoms with van der Waals surface area (Å²) in [4.78, 5) is 18.0. The first-order valence-corrected chi connectivity index (χ1v) is 7.71. The Balaban J connectivity index is 1.99. The summed E-state index contributed by atoms with van der Waals surface area (Å²) in [6.45, 7) is 3.97. The molecule has 0 radical (unpaired) electrons. The number of carbonyl (C=O) groups excluding carboxylic acids is 1. The van der Waals surface area contributed by atoms with E-state index < -0.39 is 0 Å². The number of amides is 1. The normalized spacial score (nSPS) is 10.9. The van der Waals surface area contributed by atoms with Crippen molar-refractivity contribution in [2.24, 2.45) is 0 Å². The second-order valence-electron chi connectivity index (χ2n) is 4.53. The van der Waals surface area contributed by atoms with Gasteiger partial charge in [0.15, 0.2) is 5.13 Å². The molecule has 3 aromatic rings. The zero-order valence-corrected chi connectivity index (χ0v) is 12.7. The van der Waals surface area contributed by atoms with Crippen LogP contribution in [0.2, 0.25) is 0 Å². The molecule has 0 aliphatic heterocycles. The molecule has 6 heteroatoms. The third kappa shape index (κ3) is 2.17. The average Bonchev–Trinajstić information content (AvgIpc) is 2.95. The number of carbonyl (C=O) groups is 1. The molecule has 0 bridgehead atoms. The summed E-state index contributed by atoms with van der Waals surface area (Å²) < 4.78 is 1.06. The fourth-order valence-corrected chi connectivity index (χ4v) is 3.76. The molecule has 0 fully saturated rings. The van der Waals surface area contributed by atoms with E-state index in [1.54, 1.807) is 6.20 Å². The van der Waals surface area contributed by atoms with Gasteiger partial charge in [0.2, 0.25) is 0 Å². The maximum Gasteiger partial charge on any atom is 0.269 e. The van der Waals surface area contributed by atoms with E-state index in [1.807, 2.05) is 32.0 Å². The number of nitrogens with two attached hydrogens (primary N) is 1. The van der Waals surface area contributed by atoms with Crippen LogP contribution < -0.4 is 11.1 Å². The highest BCUT2D eigenvalue weighted by Crippen LogP contribution is 2.36. The van der Waals surface area contributed by atoms with Crippen LogP contribution in [0.15, 0.2) is 24.4 Å². The molecule has 0 saturated heterocycles. The topological polar surface area (TPSA) is 68.0 Å². The first-order valence-electron chi connectivity index (χ1n) is 6.07. The zero-order valence-electron chi connectivity index (χ0n) is 11.1. The lowest BCUT2D eigenvalue weighted by Gasteiger charge is -1.99. The van der Waals surface area contributed by atoms with Gasteiger partial charge in [-0.25, -0.2) is 4.98 Å². The molecule has 3 rings (SSSR count). The van der Waals surface area contributed by atoms with Crippen molar-refractivity contribution in [3.63, 3.8) is 0 Å². The van der Waals surface area contributed by atoms with Gasteiger partial charge in [0.05, 0.1) is 5.69 Å². The number of rotatable bonds is 2. The number of thiazole rings is 1. The van der Waals surface area contributed by atoms with Crippen LogP contribution in [0, 0.1) is 13.8 Å². The van der Waals surface area contributed by atoms with Crippen molar-refractivity contribution >= 4 is 49.5 Å². The Morgan fingerprint density at radius 2 is 2.10 bits per heavy atom. The van der Waals surface area contributed by atoms with E-state index in [4.69, 9.17) is 5.73 Å². The third-order valence-electron chi connectivity index (χ3n) is 3.00. The van der Waals surface area contributed by atoms with Crippen LogP contribution in [0.25, 0.3) is 10.1 Å². The number of thiophene rings is 1. The molecule has 4 nitrogen and oxygen atoms in total. The minimum atomic E-state index is -0.197. The minimum Gasteiger partial charge on any atom is -0.397 e. The Bertz CT molecular complexity index is 804. The number of aromatic nitrogens is 1. The molecule has 3 N–H and O–H groups in total. The molecule has 2 aromatic heterocycles. The van der Waals surface area contributed by atoms with E-state index in [2.05, 4.69) is 10.3 Å². The summed E-state index contributed by atoms with van der Waals surface area (Å²) in [5.41, 5.74) is 7.77. The Morgan fingerprint density at radius 3 is 2.75 bits per heavy atom. The molecule has 1 aromatic carbocycles. The van der Waals surface area contributed by atoms with Crippen LogP contribution in [0.3, 0.4) is 0 Å². The number of fused-ring (bicyclic) bond motifs is 1. The summed E-state index contributed by atoms with van der Waals surface area (Å²) in [5, 5.41) is 4.34. The van der Waals surface area contributed by atoms with Crippen molar-refractivity contribution in [3.8, 4) is 0 Å². The first kappa shape index (κ1) is 13.1. The van der Waals surface area contributed by atoms with Gasteiger partial charge in [0, 0.05) is 21.2 Å². The van der Waals surface area contributed by atoms with Crippen molar-refractivity contribution in [2.75, 3.05) is 11.1 Å². The fourth-order valence-electron chi connectivity index (χ4n) is 2.01. The second kappa shape index (κ2) is 4.88. The molecule has 0 spiro atoms. The number of nitrogens with one attached hydrogen (secondary N) is 1. The van der Waals surface area contributed by atoms with E-state index in [9.17, 15) is 4.79 Å². The molecule has 2 heterocycles. The number of hydrogen-bond donors (Lipinski definition) is 2. The zero-order chi connectivity index (χ0) is 14.3. The number of aryl methyl sites for hydroxylation is 2. The Morgan fingerprint density at radius 1 is 1.30 bits per heavy atom. The van der Waals surface area contributed by atoms with E-state index in [0.717, 1.165) is 20.5 Å². The largest absolute Gasteiger partial charge is 0.397 e. The molecular formula is C14H13N3OS2. The SMILES string of the molecule is Cc1cnc(NC(=O)c2sc3c(C)cccc3c2N)s1. The van der Waals surface area contributed by atoms with Crippen LogP contribution in [0.4, 0.5) is 10.8 Å². The molecule has 0 aliphatic carbocycles. The van der Waals surface area contributed by atoms with Crippen LogP contribution >= 0.6 is 22.7 Å². The summed E-state index contributed by atoms with van der Waals surface area (Å²) in [7, 11) is 0. The molecule has 0 aliphatic rings. The van der Waals surface area contributed by atoms with Gasteiger partial charge >= 0.3 is 0 Å². The van der Waals surface area contributed by atoms with Crippen molar-refractivity contribution < 1.29 is 4.79 Å². The monoisotopic (exact) mass is 303 g/mol. The standard InChI is InChI=1S/C14H13N3OS2/c1-7-4-3-5-9-10(15)12(20-11(7)9)13(18)17-14-16-6-8(2)19-14/h3-6H,15H2,1-2H3,(H,16,17,18). The number of anilines is 2. The Kier molecular flexibility index (Phi) is 3.19. The second-order valence-corrected chi connectivity index (χ2v) is 6.78. The molecule has 20 heavy (non-hydrogen) atoms. The van der Waals surface area contributed by atoms with Gasteiger partial charge in [-0.3, -0.25) is 10.1 Å². The van der Waals surface area contributed by atoms with Crippen LogP contribution in [0.1, 0.15) is 20.1 Å². The number of nitrogens with zero attached hydrogens (tertiary/aromatic N) is 1. The van der Waals surface area contributed by atoms with E-state index in [-0.39, 0.29) is 5.91 Å². The van der Waals surface area contributed by atoms with Crippen molar-refractivity contribution in [1.82, 2.24) is 4.98 Å². The van der Waals surface area contributed by atoms with Gasteiger partial charge in [0.25, 0.3) is 5.91 Å². The summed E-state index contributed by atoms with van der Waals surface area (Å²) in [6, 6.07) is 5.91. The van der Waals surface area contributed by atoms with Gasteiger partial charge < -0.3 is 5.73 Å². The lowest BCUT2D eigenvalue weighted by molar-refractivity contribution is 0.103. The highest BCUT2D eigenvalue weighted by molar-refractivity contribution is 7.22. The predicted octanol–water partition coefficient (Wildman–Crippen LogP) is 3.81. The molecular weight excluding hydrogens is 290 g/mol. The van der Waals surface area contributed by atoms with E-state index in [0.29, 0.717) is 15.7 Å². The minimum absolute atomic E-state index is 0.197. The lowest BCUT2D eigenvalue weighted by Crippen LogP contribution is -2.11. The van der Waals surface area contributed by atoms with Gasteiger partial charge in [-0.1, -0.05) is 18.2 Å². The van der Waals surface area contributed by atoms with Gasteiger partial charge in [0.1, 0.15) is 4.88 Å². The maximum absolute atomic E-state index is 12.3. The Labute approximate surface area is 124 Å². The fraction of sp³-hybridized carbons (Fsp3) is 0.143. The third-order valence-corrected chi connectivity index (χ3v) is 5.18. The lowest BCUT2D eigenvalue weighted by atomic mass is 10.1. The molecule has 0 saturated carbocycles. The molecule has 102 valence electrons. The van der Waals surface area contributed by atoms with Gasteiger partial charge in [-0.2, -0.15) is 0 Å². The molecule has 0 unspecified atom stereocenters. The van der Waals surface area contributed by atoms with Gasteiger partial charge in [-0.15, -0.1) is 22.7 Å². The highest BCUT2D eigenvalue weighted by Gasteiger charge is 2.18. The number of benzene rings is 1. The smallest absolute Gasteiger partial charge is 0.269 e. The van der Waals surface area contributed by atoms with Crippen LogP contribution in [-0.2, 0) is 0 Å². The van der Waals surface area contributed by atoms with Crippen LogP contribution in [-0.4, -0.2) is 10.9 Å². The van der Waals surface area contributed by atoms with Crippen molar-refractivity contribution in [3.05, 3.63) is 39.7 Å². The Hall–Kier alpha value is -1.92.